The number of aryl methyl sites for hydroxylation is 1. The average molecular weight is 300 g/mol. The highest BCUT2D eigenvalue weighted by atomic mass is 35.5. The van der Waals surface area contributed by atoms with Crippen LogP contribution in [0.2, 0.25) is 5.02 Å². The second-order valence-electron chi connectivity index (χ2n) is 4.93. The molecule has 0 bridgehead atoms. The maximum absolute atomic E-state index is 12.0. The molecule has 2 heterocycles. The lowest BCUT2D eigenvalue weighted by atomic mass is 10.3. The summed E-state index contributed by atoms with van der Waals surface area (Å²) in [6.07, 6.45) is 4.05. The molecule has 0 aliphatic heterocycles. The molecular formula is C16H14ClN3O. The summed E-state index contributed by atoms with van der Waals surface area (Å²) in [6.45, 7) is 2.02. The lowest BCUT2D eigenvalue weighted by Gasteiger charge is -2.03. The maximum atomic E-state index is 12.0. The molecule has 21 heavy (non-hydrogen) atoms. The number of fused-ring (bicyclic) bond motifs is 1. The van der Waals surface area contributed by atoms with Crippen molar-refractivity contribution in [2.24, 2.45) is 0 Å². The van der Waals surface area contributed by atoms with Crippen molar-refractivity contribution in [1.82, 2.24) is 9.38 Å². The molecule has 1 N–H and O–H groups in total. The smallest absolute Gasteiger partial charge is 0.230 e. The topological polar surface area (TPSA) is 46.4 Å². The van der Waals surface area contributed by atoms with Gasteiger partial charge in [0.2, 0.25) is 5.91 Å². The van der Waals surface area contributed by atoms with Gasteiger partial charge in [-0.05, 0) is 48.9 Å². The Labute approximate surface area is 127 Å². The van der Waals surface area contributed by atoms with Gasteiger partial charge in [-0.15, -0.1) is 0 Å². The predicted molar refractivity (Wildman–Crippen MR) is 83.7 cm³/mol. The number of nitrogens with zero attached hydrogens (tertiary/aromatic N) is 2. The van der Waals surface area contributed by atoms with Crippen LogP contribution in [-0.4, -0.2) is 15.3 Å². The minimum atomic E-state index is -0.0996. The van der Waals surface area contributed by atoms with Gasteiger partial charge in [-0.1, -0.05) is 11.6 Å². The molecule has 0 fully saturated rings. The molecule has 0 saturated carbocycles. The Hall–Kier alpha value is -2.33. The number of amides is 1. The van der Waals surface area contributed by atoms with Crippen molar-refractivity contribution in [1.29, 1.82) is 0 Å². The van der Waals surface area contributed by atoms with E-state index in [0.29, 0.717) is 5.02 Å². The van der Waals surface area contributed by atoms with E-state index in [2.05, 4.69) is 10.3 Å². The van der Waals surface area contributed by atoms with Crippen molar-refractivity contribution in [3.05, 3.63) is 65.1 Å². The Kier molecular flexibility index (Phi) is 3.62. The Bertz CT molecular complexity index is 793. The Balaban J connectivity index is 1.72. The molecule has 0 unspecified atom stereocenters. The Morgan fingerprint density at radius 1 is 1.29 bits per heavy atom. The number of aromatic nitrogens is 2. The summed E-state index contributed by atoms with van der Waals surface area (Å²) in [7, 11) is 0. The van der Waals surface area contributed by atoms with Crippen molar-refractivity contribution in [3.8, 4) is 0 Å². The van der Waals surface area contributed by atoms with E-state index in [1.807, 2.05) is 35.9 Å². The predicted octanol–water partition coefficient (Wildman–Crippen LogP) is 3.48. The van der Waals surface area contributed by atoms with Gasteiger partial charge in [0.05, 0.1) is 12.1 Å². The molecule has 5 heteroatoms. The highest BCUT2D eigenvalue weighted by Crippen LogP contribution is 2.14. The van der Waals surface area contributed by atoms with Crippen LogP contribution in [0.1, 0.15) is 11.3 Å². The molecule has 0 aliphatic rings. The molecule has 2 aromatic heterocycles. The highest BCUT2D eigenvalue weighted by Gasteiger charge is 2.08. The summed E-state index contributed by atoms with van der Waals surface area (Å²) in [5.74, 6) is -0.0996. The first-order valence-corrected chi connectivity index (χ1v) is 6.97. The third-order valence-corrected chi connectivity index (χ3v) is 3.39. The van der Waals surface area contributed by atoms with Crippen molar-refractivity contribution in [2.75, 3.05) is 5.32 Å². The van der Waals surface area contributed by atoms with E-state index < -0.39 is 0 Å². The zero-order valence-electron chi connectivity index (χ0n) is 11.5. The zero-order valence-corrected chi connectivity index (χ0v) is 12.3. The summed E-state index contributed by atoms with van der Waals surface area (Å²) in [4.78, 5) is 16.5. The van der Waals surface area contributed by atoms with E-state index in [-0.39, 0.29) is 12.3 Å². The average Bonchev–Trinajstić information content (AvgIpc) is 2.82. The first-order chi connectivity index (χ1) is 10.1. The molecule has 4 nitrogen and oxygen atoms in total. The van der Waals surface area contributed by atoms with Crippen LogP contribution in [0.25, 0.3) is 5.65 Å². The summed E-state index contributed by atoms with van der Waals surface area (Å²) in [5.41, 5.74) is 3.46. The summed E-state index contributed by atoms with van der Waals surface area (Å²) in [6, 6.07) is 11.0. The van der Waals surface area contributed by atoms with Crippen LogP contribution in [0.4, 0.5) is 5.69 Å². The second-order valence-corrected chi connectivity index (χ2v) is 5.37. The minimum Gasteiger partial charge on any atom is -0.326 e. The van der Waals surface area contributed by atoms with Crippen LogP contribution in [-0.2, 0) is 11.2 Å². The summed E-state index contributed by atoms with van der Waals surface area (Å²) in [5, 5.41) is 3.47. The van der Waals surface area contributed by atoms with E-state index in [4.69, 9.17) is 11.6 Å². The first-order valence-electron chi connectivity index (χ1n) is 6.60. The monoisotopic (exact) mass is 299 g/mol. The third-order valence-electron chi connectivity index (χ3n) is 3.14. The van der Waals surface area contributed by atoms with Gasteiger partial charge in [-0.2, -0.15) is 0 Å². The number of carbonyl (C=O) groups excluding carboxylic acids is 1. The van der Waals surface area contributed by atoms with Crippen LogP contribution in [0.15, 0.2) is 48.8 Å². The van der Waals surface area contributed by atoms with Crippen molar-refractivity contribution in [3.63, 3.8) is 0 Å². The fraction of sp³-hybridized carbons (Fsp3) is 0.125. The molecule has 3 rings (SSSR count). The fourth-order valence-corrected chi connectivity index (χ4v) is 2.25. The Morgan fingerprint density at radius 3 is 2.81 bits per heavy atom. The number of nitrogens with one attached hydrogen (secondary N) is 1. The highest BCUT2D eigenvalue weighted by molar-refractivity contribution is 6.30. The molecule has 1 amide bonds. The minimum absolute atomic E-state index is 0.0996. The van der Waals surface area contributed by atoms with E-state index in [1.54, 1.807) is 24.3 Å². The van der Waals surface area contributed by atoms with Gasteiger partial charge < -0.3 is 9.72 Å². The lowest BCUT2D eigenvalue weighted by Crippen LogP contribution is -2.14. The largest absolute Gasteiger partial charge is 0.326 e. The van der Waals surface area contributed by atoms with Crippen LogP contribution < -0.4 is 5.32 Å². The first kappa shape index (κ1) is 13.6. The molecular weight excluding hydrogens is 286 g/mol. The summed E-state index contributed by atoms with van der Waals surface area (Å²) < 4.78 is 1.91. The number of pyridine rings is 1. The van der Waals surface area contributed by atoms with Gasteiger partial charge in [0.1, 0.15) is 5.65 Å². The normalized spacial score (nSPS) is 10.8. The molecule has 3 aromatic rings. The van der Waals surface area contributed by atoms with E-state index in [0.717, 1.165) is 22.6 Å². The maximum Gasteiger partial charge on any atom is 0.230 e. The number of hydrogen-bond donors (Lipinski definition) is 1. The van der Waals surface area contributed by atoms with Gasteiger partial charge in [-0.25, -0.2) is 4.98 Å². The van der Waals surface area contributed by atoms with Crippen molar-refractivity contribution < 1.29 is 4.79 Å². The molecule has 0 atom stereocenters. The van der Waals surface area contributed by atoms with Gasteiger partial charge in [-0.3, -0.25) is 4.79 Å². The van der Waals surface area contributed by atoms with Crippen LogP contribution in [0.3, 0.4) is 0 Å². The van der Waals surface area contributed by atoms with Gasteiger partial charge >= 0.3 is 0 Å². The van der Waals surface area contributed by atoms with Gasteiger partial charge in [0.15, 0.2) is 0 Å². The number of hydrogen-bond acceptors (Lipinski definition) is 2. The molecule has 0 spiro atoms. The number of carbonyl (C=O) groups is 1. The van der Waals surface area contributed by atoms with Crippen LogP contribution in [0, 0.1) is 6.92 Å². The number of rotatable bonds is 3. The summed E-state index contributed by atoms with van der Waals surface area (Å²) >= 11 is 5.81. The number of benzene rings is 1. The van der Waals surface area contributed by atoms with E-state index in [1.165, 1.54) is 0 Å². The Morgan fingerprint density at radius 2 is 2.05 bits per heavy atom. The van der Waals surface area contributed by atoms with Crippen LogP contribution in [0.5, 0.6) is 0 Å². The van der Waals surface area contributed by atoms with Crippen molar-refractivity contribution in [2.45, 2.75) is 13.3 Å². The van der Waals surface area contributed by atoms with Crippen LogP contribution >= 0.6 is 11.6 Å². The number of halogens is 1. The standard InChI is InChI=1S/C16H14ClN3O/c1-11-6-7-20-10-14(18-15(20)8-11)9-16(21)19-13-4-2-12(17)3-5-13/h2-8,10H,9H2,1H3,(H,19,21). The number of imidazole rings is 1. The molecule has 1 aromatic carbocycles. The van der Waals surface area contributed by atoms with Gasteiger partial charge in [0.25, 0.3) is 0 Å². The fourth-order valence-electron chi connectivity index (χ4n) is 2.12. The van der Waals surface area contributed by atoms with Gasteiger partial charge in [0, 0.05) is 23.1 Å². The molecule has 0 radical (unpaired) electrons. The van der Waals surface area contributed by atoms with E-state index >= 15 is 0 Å². The third kappa shape index (κ3) is 3.23. The molecule has 106 valence electrons. The SMILES string of the molecule is Cc1ccn2cc(CC(=O)Nc3ccc(Cl)cc3)nc2c1. The molecule has 0 saturated heterocycles. The second kappa shape index (κ2) is 5.58. The number of anilines is 1. The quantitative estimate of drug-likeness (QED) is 0.805. The zero-order chi connectivity index (χ0) is 14.8. The lowest BCUT2D eigenvalue weighted by molar-refractivity contribution is -0.115. The van der Waals surface area contributed by atoms with E-state index in [9.17, 15) is 4.79 Å². The van der Waals surface area contributed by atoms with Crippen molar-refractivity contribution >= 4 is 28.8 Å². The molecule has 0 aliphatic carbocycles.